The van der Waals surface area contributed by atoms with Crippen LogP contribution in [0.3, 0.4) is 0 Å². The van der Waals surface area contributed by atoms with Crippen LogP contribution in [0.4, 0.5) is 4.79 Å². The highest BCUT2D eigenvalue weighted by Gasteiger charge is 2.36. The zero-order chi connectivity index (χ0) is 24.3. The first-order valence-electron chi connectivity index (χ1n) is 11.5. The fourth-order valence-electron chi connectivity index (χ4n) is 3.94. The molecule has 34 heavy (non-hydrogen) atoms. The molecular weight excluding hydrogens is 436 g/mol. The second kappa shape index (κ2) is 12.7. The number of carbonyl (C=O) groups excluding carboxylic acids is 3. The highest BCUT2D eigenvalue weighted by molar-refractivity contribution is 5.85. The molecule has 2 aromatic carbocycles. The first-order valence-corrected chi connectivity index (χ1v) is 11.5. The monoisotopic (exact) mass is 468 g/mol. The molecule has 2 amide bonds. The summed E-state index contributed by atoms with van der Waals surface area (Å²) < 4.78 is 16.2. The van der Waals surface area contributed by atoms with Gasteiger partial charge in [-0.15, -0.1) is 0 Å². The second-order valence-corrected chi connectivity index (χ2v) is 8.24. The Balaban J connectivity index is 1.58. The van der Waals surface area contributed by atoms with Gasteiger partial charge in [-0.3, -0.25) is 4.79 Å². The molecule has 0 aromatic heterocycles. The molecule has 2 aromatic rings. The van der Waals surface area contributed by atoms with Crippen molar-refractivity contribution in [3.05, 3.63) is 71.8 Å². The van der Waals surface area contributed by atoms with Gasteiger partial charge in [0.15, 0.2) is 0 Å². The van der Waals surface area contributed by atoms with Gasteiger partial charge in [0, 0.05) is 38.6 Å². The number of hydrogen-bond acceptors (Lipinski definition) is 6. The van der Waals surface area contributed by atoms with Crippen molar-refractivity contribution in [3.8, 4) is 0 Å². The molecule has 1 saturated heterocycles. The van der Waals surface area contributed by atoms with E-state index >= 15 is 0 Å². The minimum atomic E-state index is -0.781. The molecule has 182 valence electrons. The number of amides is 2. The molecular formula is C26H32N2O6. The van der Waals surface area contributed by atoms with Crippen molar-refractivity contribution >= 4 is 18.0 Å². The van der Waals surface area contributed by atoms with E-state index in [9.17, 15) is 14.4 Å². The Morgan fingerprint density at radius 2 is 1.62 bits per heavy atom. The summed E-state index contributed by atoms with van der Waals surface area (Å²) in [6.07, 6.45) is -0.0775. The third-order valence-corrected chi connectivity index (χ3v) is 5.82. The molecule has 0 N–H and O–H groups in total. The van der Waals surface area contributed by atoms with Gasteiger partial charge < -0.3 is 24.0 Å². The molecule has 0 aliphatic carbocycles. The fourth-order valence-corrected chi connectivity index (χ4v) is 3.94. The van der Waals surface area contributed by atoms with Gasteiger partial charge in [0.25, 0.3) is 0 Å². The van der Waals surface area contributed by atoms with E-state index < -0.39 is 18.1 Å². The lowest BCUT2D eigenvalue weighted by Gasteiger charge is -2.32. The number of methoxy groups -OCH3 is 1. The maximum absolute atomic E-state index is 12.9. The molecule has 1 fully saturated rings. The summed E-state index contributed by atoms with van der Waals surface area (Å²) in [6, 6.07) is 18.0. The van der Waals surface area contributed by atoms with E-state index in [-0.39, 0.29) is 44.7 Å². The summed E-state index contributed by atoms with van der Waals surface area (Å²) in [5.74, 6) is -0.701. The number of esters is 1. The van der Waals surface area contributed by atoms with Gasteiger partial charge in [0.05, 0.1) is 13.7 Å². The van der Waals surface area contributed by atoms with E-state index in [1.807, 2.05) is 67.6 Å². The predicted molar refractivity (Wildman–Crippen MR) is 126 cm³/mol. The average molecular weight is 469 g/mol. The third-order valence-electron chi connectivity index (χ3n) is 5.82. The summed E-state index contributed by atoms with van der Waals surface area (Å²) in [6.45, 7) is 3.13. The summed E-state index contributed by atoms with van der Waals surface area (Å²) in [7, 11) is 1.30. The van der Waals surface area contributed by atoms with Crippen molar-refractivity contribution in [2.75, 3.05) is 26.8 Å². The van der Waals surface area contributed by atoms with E-state index in [2.05, 4.69) is 0 Å². The summed E-state index contributed by atoms with van der Waals surface area (Å²) in [5, 5.41) is 0. The smallest absolute Gasteiger partial charge is 0.410 e. The van der Waals surface area contributed by atoms with Crippen molar-refractivity contribution < 1.29 is 28.6 Å². The van der Waals surface area contributed by atoms with Crippen LogP contribution in [0.25, 0.3) is 0 Å². The highest BCUT2D eigenvalue weighted by Crippen LogP contribution is 2.18. The molecule has 0 spiro atoms. The van der Waals surface area contributed by atoms with Crippen molar-refractivity contribution in [1.29, 1.82) is 0 Å². The van der Waals surface area contributed by atoms with Crippen molar-refractivity contribution in [2.45, 2.75) is 45.1 Å². The molecule has 2 atom stereocenters. The fraction of sp³-hybridized carbons (Fsp3) is 0.423. The lowest BCUT2D eigenvalue weighted by molar-refractivity contribution is -0.153. The van der Waals surface area contributed by atoms with Crippen LogP contribution >= 0.6 is 0 Å². The van der Waals surface area contributed by atoms with E-state index in [4.69, 9.17) is 14.2 Å². The molecule has 3 rings (SSSR count). The SMILES string of the molecule is COC(=O)[C@@H](CCOCc1ccccc1)N1C[C@H](C)N(C(=O)OCc2ccccc2)CCC1=O. The lowest BCUT2D eigenvalue weighted by Crippen LogP contribution is -2.50. The number of ether oxygens (including phenoxy) is 3. The Morgan fingerprint density at radius 3 is 2.24 bits per heavy atom. The number of rotatable bonds is 9. The van der Waals surface area contributed by atoms with Crippen LogP contribution in [0.15, 0.2) is 60.7 Å². The average Bonchev–Trinajstić information content (AvgIpc) is 3.01. The van der Waals surface area contributed by atoms with Crippen LogP contribution in [0, 0.1) is 0 Å². The highest BCUT2D eigenvalue weighted by atomic mass is 16.6. The zero-order valence-electron chi connectivity index (χ0n) is 19.7. The van der Waals surface area contributed by atoms with E-state index in [1.54, 1.807) is 4.90 Å². The lowest BCUT2D eigenvalue weighted by atomic mass is 10.1. The Morgan fingerprint density at radius 1 is 1.00 bits per heavy atom. The first-order chi connectivity index (χ1) is 16.5. The normalized spacial score (nSPS) is 17.1. The Labute approximate surface area is 200 Å². The third kappa shape index (κ3) is 7.05. The van der Waals surface area contributed by atoms with Crippen molar-refractivity contribution in [3.63, 3.8) is 0 Å². The summed E-state index contributed by atoms with van der Waals surface area (Å²) in [4.78, 5) is 41.2. The number of benzene rings is 2. The van der Waals surface area contributed by atoms with Crippen LogP contribution in [-0.2, 0) is 37.0 Å². The van der Waals surface area contributed by atoms with Crippen molar-refractivity contribution in [2.24, 2.45) is 0 Å². The van der Waals surface area contributed by atoms with Crippen LogP contribution in [0.1, 0.15) is 30.9 Å². The Kier molecular flexibility index (Phi) is 9.46. The van der Waals surface area contributed by atoms with Crippen molar-refractivity contribution in [1.82, 2.24) is 9.80 Å². The minimum Gasteiger partial charge on any atom is -0.467 e. The number of nitrogens with zero attached hydrogens (tertiary/aromatic N) is 2. The van der Waals surface area contributed by atoms with Crippen LogP contribution in [0.2, 0.25) is 0 Å². The molecule has 1 heterocycles. The van der Waals surface area contributed by atoms with Crippen LogP contribution < -0.4 is 0 Å². The Hall–Kier alpha value is -3.39. The topological polar surface area (TPSA) is 85.4 Å². The predicted octanol–water partition coefficient (Wildman–Crippen LogP) is 3.39. The maximum Gasteiger partial charge on any atom is 0.410 e. The summed E-state index contributed by atoms with van der Waals surface area (Å²) >= 11 is 0. The standard InChI is InChI=1S/C26H32N2O6/c1-20-17-28(23(25(30)32-2)14-16-33-18-21-9-5-3-6-10-21)24(29)13-15-27(20)26(31)34-19-22-11-7-4-8-12-22/h3-12,20,23H,13-19H2,1-2H3/t20-,23+/m0/s1. The molecule has 0 radical (unpaired) electrons. The van der Waals surface area contributed by atoms with Crippen LogP contribution in [-0.4, -0.2) is 66.7 Å². The molecule has 0 unspecified atom stereocenters. The van der Waals surface area contributed by atoms with E-state index in [0.717, 1.165) is 11.1 Å². The second-order valence-electron chi connectivity index (χ2n) is 8.24. The summed E-state index contributed by atoms with van der Waals surface area (Å²) in [5.41, 5.74) is 1.92. The van der Waals surface area contributed by atoms with Crippen LogP contribution in [0.5, 0.6) is 0 Å². The molecule has 1 aliphatic heterocycles. The largest absolute Gasteiger partial charge is 0.467 e. The minimum absolute atomic E-state index is 0.100. The van der Waals surface area contributed by atoms with Gasteiger partial charge in [-0.05, 0) is 18.1 Å². The van der Waals surface area contributed by atoms with Gasteiger partial charge in [-0.2, -0.15) is 0 Å². The zero-order valence-corrected chi connectivity index (χ0v) is 19.7. The molecule has 8 heteroatoms. The number of carbonyl (C=O) groups is 3. The first kappa shape index (κ1) is 25.2. The van der Waals surface area contributed by atoms with Gasteiger partial charge in [-0.1, -0.05) is 60.7 Å². The van der Waals surface area contributed by atoms with Gasteiger partial charge in [0.2, 0.25) is 5.91 Å². The van der Waals surface area contributed by atoms with Gasteiger partial charge in [0.1, 0.15) is 12.6 Å². The van der Waals surface area contributed by atoms with E-state index in [1.165, 1.54) is 12.0 Å². The Bertz CT molecular complexity index is 937. The molecule has 0 saturated carbocycles. The van der Waals surface area contributed by atoms with E-state index in [0.29, 0.717) is 13.0 Å². The molecule has 0 bridgehead atoms. The van der Waals surface area contributed by atoms with Gasteiger partial charge in [-0.25, -0.2) is 9.59 Å². The number of hydrogen-bond donors (Lipinski definition) is 0. The molecule has 1 aliphatic rings. The quantitative estimate of drug-likeness (QED) is 0.414. The molecule has 8 nitrogen and oxygen atoms in total. The maximum atomic E-state index is 12.9. The van der Waals surface area contributed by atoms with Gasteiger partial charge >= 0.3 is 12.1 Å².